The van der Waals surface area contributed by atoms with Gasteiger partial charge in [-0.2, -0.15) is 5.10 Å². The van der Waals surface area contributed by atoms with Crippen molar-refractivity contribution in [1.82, 2.24) is 9.78 Å². The molecule has 0 saturated heterocycles. The highest BCUT2D eigenvalue weighted by atomic mass is 32.1. The Balaban J connectivity index is 1.52. The number of nitrogens with zero attached hydrogens (tertiary/aromatic N) is 2. The second-order valence-electron chi connectivity index (χ2n) is 7.39. The van der Waals surface area contributed by atoms with Crippen LogP contribution < -0.4 is 10.9 Å². The monoisotopic (exact) mass is 491 g/mol. The SMILES string of the molecule is CCOC(=O)c1cc(-c2ccccc2)sc1NC(=O)COC(=O)c1nn(C)c(=O)c2ccccc12. The number of hydrogen-bond acceptors (Lipinski definition) is 8. The number of aromatic nitrogens is 2. The minimum atomic E-state index is -0.853. The Morgan fingerprint density at radius 1 is 0.971 bits per heavy atom. The summed E-state index contributed by atoms with van der Waals surface area (Å²) in [6.45, 7) is 1.26. The van der Waals surface area contributed by atoms with Gasteiger partial charge in [-0.05, 0) is 24.6 Å². The standard InChI is InChI=1S/C25H21N3O6S/c1-3-33-24(31)18-13-19(15-9-5-4-6-10-15)35-22(18)26-20(29)14-34-25(32)21-16-11-7-8-12-17(16)23(30)28(2)27-21/h4-13H,3,14H2,1-2H3,(H,26,29). The maximum atomic E-state index is 12.7. The lowest BCUT2D eigenvalue weighted by Gasteiger charge is -2.09. The van der Waals surface area contributed by atoms with Gasteiger partial charge >= 0.3 is 11.9 Å². The van der Waals surface area contributed by atoms with Crippen molar-refractivity contribution in [3.8, 4) is 10.4 Å². The summed E-state index contributed by atoms with van der Waals surface area (Å²) in [4.78, 5) is 50.7. The number of esters is 2. The number of amides is 1. The highest BCUT2D eigenvalue weighted by Crippen LogP contribution is 2.36. The van der Waals surface area contributed by atoms with Gasteiger partial charge < -0.3 is 14.8 Å². The molecule has 9 nitrogen and oxygen atoms in total. The van der Waals surface area contributed by atoms with Gasteiger partial charge in [-0.3, -0.25) is 9.59 Å². The van der Waals surface area contributed by atoms with E-state index in [-0.39, 0.29) is 28.4 Å². The molecule has 0 aliphatic carbocycles. The van der Waals surface area contributed by atoms with Gasteiger partial charge in [0.2, 0.25) is 0 Å². The first kappa shape index (κ1) is 23.8. The van der Waals surface area contributed by atoms with Crippen molar-refractivity contribution in [2.75, 3.05) is 18.5 Å². The Hall–Kier alpha value is -4.31. The van der Waals surface area contributed by atoms with Gasteiger partial charge in [0.15, 0.2) is 12.3 Å². The molecule has 4 rings (SSSR count). The van der Waals surface area contributed by atoms with Gasteiger partial charge in [0.1, 0.15) is 5.00 Å². The quantitative estimate of drug-likeness (QED) is 0.392. The van der Waals surface area contributed by atoms with Crippen molar-refractivity contribution in [2.24, 2.45) is 7.05 Å². The van der Waals surface area contributed by atoms with E-state index >= 15 is 0 Å². The fourth-order valence-corrected chi connectivity index (χ4v) is 4.47. The maximum Gasteiger partial charge on any atom is 0.359 e. The minimum absolute atomic E-state index is 0.0785. The number of fused-ring (bicyclic) bond motifs is 1. The van der Waals surface area contributed by atoms with Crippen LogP contribution in [0.5, 0.6) is 0 Å². The van der Waals surface area contributed by atoms with Crippen molar-refractivity contribution >= 4 is 45.0 Å². The van der Waals surface area contributed by atoms with E-state index in [1.807, 2.05) is 30.3 Å². The van der Waals surface area contributed by atoms with E-state index < -0.39 is 24.5 Å². The van der Waals surface area contributed by atoms with E-state index in [0.717, 1.165) is 15.1 Å². The molecule has 0 atom stereocenters. The van der Waals surface area contributed by atoms with Gasteiger partial charge in [-0.1, -0.05) is 48.5 Å². The Bertz CT molecular complexity index is 1480. The van der Waals surface area contributed by atoms with E-state index in [1.54, 1.807) is 37.3 Å². The molecule has 0 unspecified atom stereocenters. The zero-order chi connectivity index (χ0) is 24.9. The van der Waals surface area contributed by atoms with Crippen LogP contribution in [0.25, 0.3) is 21.2 Å². The summed E-state index contributed by atoms with van der Waals surface area (Å²) in [6.07, 6.45) is 0. The Morgan fingerprint density at radius 2 is 1.66 bits per heavy atom. The smallest absolute Gasteiger partial charge is 0.359 e. The lowest BCUT2D eigenvalue weighted by molar-refractivity contribution is -0.119. The molecule has 1 N–H and O–H groups in total. The van der Waals surface area contributed by atoms with Crippen LogP contribution in [0.15, 0.2) is 65.5 Å². The second-order valence-corrected chi connectivity index (χ2v) is 8.44. The number of ether oxygens (including phenoxy) is 2. The largest absolute Gasteiger partial charge is 0.462 e. The van der Waals surface area contributed by atoms with Crippen LogP contribution in [0.2, 0.25) is 0 Å². The summed E-state index contributed by atoms with van der Waals surface area (Å²) in [5.41, 5.74) is 0.655. The third kappa shape index (κ3) is 5.12. The molecule has 2 aromatic heterocycles. The topological polar surface area (TPSA) is 117 Å². The van der Waals surface area contributed by atoms with Crippen molar-refractivity contribution in [3.05, 3.63) is 82.3 Å². The molecule has 10 heteroatoms. The summed E-state index contributed by atoms with van der Waals surface area (Å²) < 4.78 is 11.3. The summed E-state index contributed by atoms with van der Waals surface area (Å²) in [5, 5.41) is 7.56. The number of aryl methyl sites for hydroxylation is 1. The van der Waals surface area contributed by atoms with E-state index in [1.165, 1.54) is 18.4 Å². The molecule has 0 aliphatic heterocycles. The van der Waals surface area contributed by atoms with E-state index in [4.69, 9.17) is 9.47 Å². The van der Waals surface area contributed by atoms with Crippen molar-refractivity contribution in [1.29, 1.82) is 0 Å². The number of carbonyl (C=O) groups excluding carboxylic acids is 3. The lowest BCUT2D eigenvalue weighted by atomic mass is 10.1. The average molecular weight is 492 g/mol. The van der Waals surface area contributed by atoms with Gasteiger partial charge in [0.25, 0.3) is 11.5 Å². The van der Waals surface area contributed by atoms with Crippen LogP contribution in [0.4, 0.5) is 5.00 Å². The molecule has 0 radical (unpaired) electrons. The van der Waals surface area contributed by atoms with Crippen molar-refractivity contribution in [2.45, 2.75) is 6.92 Å². The van der Waals surface area contributed by atoms with Crippen LogP contribution in [0.1, 0.15) is 27.8 Å². The number of anilines is 1. The average Bonchev–Trinajstić information content (AvgIpc) is 3.29. The number of rotatable bonds is 7. The highest BCUT2D eigenvalue weighted by molar-refractivity contribution is 7.20. The molecule has 1 amide bonds. The number of hydrogen-bond donors (Lipinski definition) is 1. The number of carbonyl (C=O) groups is 3. The van der Waals surface area contributed by atoms with Crippen LogP contribution in [0.3, 0.4) is 0 Å². The Labute approximate surface area is 203 Å². The number of benzene rings is 2. The number of nitrogens with one attached hydrogen (secondary N) is 1. The van der Waals surface area contributed by atoms with E-state index in [2.05, 4.69) is 10.4 Å². The molecule has 2 aromatic carbocycles. The molecule has 35 heavy (non-hydrogen) atoms. The fraction of sp³-hybridized carbons (Fsp3) is 0.160. The zero-order valence-electron chi connectivity index (χ0n) is 18.9. The summed E-state index contributed by atoms with van der Waals surface area (Å²) in [5.74, 6) is -2.06. The van der Waals surface area contributed by atoms with Crippen molar-refractivity contribution < 1.29 is 23.9 Å². The van der Waals surface area contributed by atoms with Gasteiger partial charge in [0.05, 0.1) is 17.6 Å². The van der Waals surface area contributed by atoms with Crippen molar-refractivity contribution in [3.63, 3.8) is 0 Å². The number of thiophene rings is 1. The zero-order valence-corrected chi connectivity index (χ0v) is 19.8. The molecule has 4 aromatic rings. The highest BCUT2D eigenvalue weighted by Gasteiger charge is 2.22. The summed E-state index contributed by atoms with van der Waals surface area (Å²) >= 11 is 1.21. The molecular formula is C25H21N3O6S. The second kappa shape index (κ2) is 10.3. The third-order valence-electron chi connectivity index (χ3n) is 5.02. The minimum Gasteiger partial charge on any atom is -0.462 e. The first-order valence-electron chi connectivity index (χ1n) is 10.7. The van der Waals surface area contributed by atoms with E-state index in [9.17, 15) is 19.2 Å². The van der Waals surface area contributed by atoms with Crippen LogP contribution in [0, 0.1) is 0 Å². The molecule has 0 fully saturated rings. The third-order valence-corrected chi connectivity index (χ3v) is 6.12. The van der Waals surface area contributed by atoms with Crippen LogP contribution in [-0.2, 0) is 21.3 Å². The Morgan fingerprint density at radius 3 is 2.37 bits per heavy atom. The molecule has 0 saturated carbocycles. The first-order valence-corrected chi connectivity index (χ1v) is 11.5. The van der Waals surface area contributed by atoms with Crippen LogP contribution >= 0.6 is 11.3 Å². The summed E-state index contributed by atoms with van der Waals surface area (Å²) in [7, 11) is 1.43. The molecule has 178 valence electrons. The van der Waals surface area contributed by atoms with Gasteiger partial charge in [0, 0.05) is 17.3 Å². The molecular weight excluding hydrogens is 470 g/mol. The Kier molecular flexibility index (Phi) is 7.02. The maximum absolute atomic E-state index is 12.7. The predicted octanol–water partition coefficient (Wildman–Crippen LogP) is 3.63. The molecule has 0 bridgehead atoms. The fourth-order valence-electron chi connectivity index (χ4n) is 3.40. The molecule has 2 heterocycles. The predicted molar refractivity (Wildman–Crippen MR) is 132 cm³/mol. The van der Waals surface area contributed by atoms with Crippen LogP contribution in [-0.4, -0.2) is 40.8 Å². The summed E-state index contributed by atoms with van der Waals surface area (Å²) in [6, 6.07) is 17.6. The van der Waals surface area contributed by atoms with Gasteiger partial charge in [-0.25, -0.2) is 14.3 Å². The molecule has 0 aliphatic rings. The normalized spacial score (nSPS) is 10.7. The molecule has 0 spiro atoms. The van der Waals surface area contributed by atoms with E-state index in [0.29, 0.717) is 10.8 Å². The first-order chi connectivity index (χ1) is 16.9. The lowest BCUT2D eigenvalue weighted by Crippen LogP contribution is -2.26. The van der Waals surface area contributed by atoms with Gasteiger partial charge in [-0.15, -0.1) is 11.3 Å².